The average Bonchev–Trinajstić information content (AvgIpc) is 3.08. The molecular weight excluding hydrogens is 238 g/mol. The number of benzene rings is 1. The predicted octanol–water partition coefficient (Wildman–Crippen LogP) is 2.57. The Bertz CT molecular complexity index is 544. The average molecular weight is 257 g/mol. The number of aromatic hydroxyl groups is 1. The van der Waals surface area contributed by atoms with E-state index in [9.17, 15) is 5.11 Å². The summed E-state index contributed by atoms with van der Waals surface area (Å²) in [5.41, 5.74) is 1.79. The zero-order valence-electron chi connectivity index (χ0n) is 11.1. The van der Waals surface area contributed by atoms with Gasteiger partial charge in [0.2, 0.25) is 5.88 Å². The summed E-state index contributed by atoms with van der Waals surface area (Å²) in [6, 6.07) is 10.6. The van der Waals surface area contributed by atoms with Crippen molar-refractivity contribution in [2.24, 2.45) is 0 Å². The van der Waals surface area contributed by atoms with Crippen LogP contribution in [0.5, 0.6) is 5.88 Å². The number of rotatable bonds is 3. The van der Waals surface area contributed by atoms with Crippen molar-refractivity contribution in [1.82, 2.24) is 15.1 Å². The SMILES string of the molecule is CC([C@H]1CCCN1)n1cc(-c2ccccc2)c(O)n1. The highest BCUT2D eigenvalue weighted by Crippen LogP contribution is 2.30. The number of nitrogens with zero attached hydrogens (tertiary/aromatic N) is 2. The van der Waals surface area contributed by atoms with Crippen LogP contribution in [0.15, 0.2) is 36.5 Å². The Morgan fingerprint density at radius 3 is 2.84 bits per heavy atom. The third-order valence-corrected chi connectivity index (χ3v) is 3.90. The van der Waals surface area contributed by atoms with E-state index in [1.54, 1.807) is 0 Å². The van der Waals surface area contributed by atoms with Crippen LogP contribution in [0.3, 0.4) is 0 Å². The van der Waals surface area contributed by atoms with E-state index in [-0.39, 0.29) is 11.9 Å². The normalized spacial score (nSPS) is 20.6. The van der Waals surface area contributed by atoms with Crippen LogP contribution in [0.2, 0.25) is 0 Å². The lowest BCUT2D eigenvalue weighted by Crippen LogP contribution is -2.30. The first-order chi connectivity index (χ1) is 9.25. The Hall–Kier alpha value is -1.81. The van der Waals surface area contributed by atoms with Gasteiger partial charge in [0.1, 0.15) is 0 Å². The topological polar surface area (TPSA) is 50.1 Å². The second kappa shape index (κ2) is 5.05. The van der Waals surface area contributed by atoms with Gasteiger partial charge in [0.05, 0.1) is 11.6 Å². The van der Waals surface area contributed by atoms with Crippen LogP contribution >= 0.6 is 0 Å². The summed E-state index contributed by atoms with van der Waals surface area (Å²) in [7, 11) is 0. The molecule has 3 rings (SSSR count). The highest BCUT2D eigenvalue weighted by molar-refractivity contribution is 5.67. The van der Waals surface area contributed by atoms with Crippen LogP contribution in [-0.2, 0) is 0 Å². The Morgan fingerprint density at radius 2 is 2.16 bits per heavy atom. The molecule has 4 nitrogen and oxygen atoms in total. The highest BCUT2D eigenvalue weighted by atomic mass is 16.3. The standard InChI is InChI=1S/C15H19N3O/c1-11(14-8-5-9-16-14)18-10-13(15(19)17-18)12-6-3-2-4-7-12/h2-4,6-7,10-11,14,16H,5,8-9H2,1H3,(H,17,19)/t11?,14-/m1/s1. The number of aromatic nitrogens is 2. The fourth-order valence-electron chi connectivity index (χ4n) is 2.72. The van der Waals surface area contributed by atoms with Crippen molar-refractivity contribution in [2.75, 3.05) is 6.54 Å². The largest absolute Gasteiger partial charge is 0.492 e. The van der Waals surface area contributed by atoms with Crippen molar-refractivity contribution >= 4 is 0 Å². The molecular formula is C15H19N3O. The van der Waals surface area contributed by atoms with Crippen molar-refractivity contribution < 1.29 is 5.11 Å². The van der Waals surface area contributed by atoms with E-state index in [4.69, 9.17) is 0 Å². The molecule has 0 saturated carbocycles. The third kappa shape index (κ3) is 2.36. The zero-order chi connectivity index (χ0) is 13.2. The van der Waals surface area contributed by atoms with Gasteiger partial charge in [-0.05, 0) is 31.9 Å². The van der Waals surface area contributed by atoms with Gasteiger partial charge in [-0.3, -0.25) is 4.68 Å². The van der Waals surface area contributed by atoms with Crippen molar-refractivity contribution in [3.05, 3.63) is 36.5 Å². The molecule has 0 amide bonds. The number of hydrogen-bond acceptors (Lipinski definition) is 3. The van der Waals surface area contributed by atoms with Crippen LogP contribution in [0.1, 0.15) is 25.8 Å². The van der Waals surface area contributed by atoms with Crippen molar-refractivity contribution in [3.8, 4) is 17.0 Å². The van der Waals surface area contributed by atoms with Crippen LogP contribution in [-0.4, -0.2) is 27.5 Å². The summed E-state index contributed by atoms with van der Waals surface area (Å²) in [4.78, 5) is 0. The van der Waals surface area contributed by atoms with E-state index >= 15 is 0 Å². The van der Waals surface area contributed by atoms with E-state index in [1.807, 2.05) is 41.2 Å². The molecule has 1 aliphatic rings. The highest BCUT2D eigenvalue weighted by Gasteiger charge is 2.24. The van der Waals surface area contributed by atoms with Gasteiger partial charge in [-0.25, -0.2) is 0 Å². The predicted molar refractivity (Wildman–Crippen MR) is 75.1 cm³/mol. The quantitative estimate of drug-likeness (QED) is 0.888. The minimum Gasteiger partial charge on any atom is -0.492 e. The van der Waals surface area contributed by atoms with Crippen molar-refractivity contribution in [1.29, 1.82) is 0 Å². The van der Waals surface area contributed by atoms with E-state index in [0.29, 0.717) is 6.04 Å². The number of nitrogens with one attached hydrogen (secondary N) is 1. The summed E-state index contributed by atoms with van der Waals surface area (Å²) >= 11 is 0. The van der Waals surface area contributed by atoms with E-state index in [1.165, 1.54) is 12.8 Å². The molecule has 1 aliphatic heterocycles. The first-order valence-corrected chi connectivity index (χ1v) is 6.82. The van der Waals surface area contributed by atoms with Gasteiger partial charge >= 0.3 is 0 Å². The fourth-order valence-corrected chi connectivity index (χ4v) is 2.72. The summed E-state index contributed by atoms with van der Waals surface area (Å²) in [6.45, 7) is 3.22. The monoisotopic (exact) mass is 257 g/mol. The van der Waals surface area contributed by atoms with Gasteiger partial charge < -0.3 is 10.4 Å². The molecule has 1 saturated heterocycles. The lowest BCUT2D eigenvalue weighted by Gasteiger charge is -2.19. The van der Waals surface area contributed by atoms with Gasteiger partial charge in [-0.2, -0.15) is 0 Å². The first-order valence-electron chi connectivity index (χ1n) is 6.82. The molecule has 2 heterocycles. The molecule has 0 spiro atoms. The molecule has 2 N–H and O–H groups in total. The Morgan fingerprint density at radius 1 is 1.37 bits per heavy atom. The van der Waals surface area contributed by atoms with Gasteiger partial charge in [-0.15, -0.1) is 5.10 Å². The van der Waals surface area contributed by atoms with Crippen LogP contribution in [0.25, 0.3) is 11.1 Å². The fraction of sp³-hybridized carbons (Fsp3) is 0.400. The molecule has 1 aromatic heterocycles. The van der Waals surface area contributed by atoms with E-state index in [0.717, 1.165) is 17.7 Å². The second-order valence-electron chi connectivity index (χ2n) is 5.16. The molecule has 2 aromatic rings. The Balaban J connectivity index is 1.89. The maximum absolute atomic E-state index is 10.0. The van der Waals surface area contributed by atoms with Gasteiger partial charge in [0, 0.05) is 12.2 Å². The smallest absolute Gasteiger partial charge is 0.238 e. The number of hydrogen-bond donors (Lipinski definition) is 2. The molecule has 0 radical (unpaired) electrons. The minimum absolute atomic E-state index is 0.107. The molecule has 0 bridgehead atoms. The van der Waals surface area contributed by atoms with E-state index in [2.05, 4.69) is 17.3 Å². The molecule has 1 aromatic carbocycles. The van der Waals surface area contributed by atoms with Crippen LogP contribution in [0.4, 0.5) is 0 Å². The second-order valence-corrected chi connectivity index (χ2v) is 5.16. The third-order valence-electron chi connectivity index (χ3n) is 3.90. The molecule has 1 unspecified atom stereocenters. The van der Waals surface area contributed by atoms with Gasteiger partial charge in [0.25, 0.3) is 0 Å². The van der Waals surface area contributed by atoms with Crippen molar-refractivity contribution in [3.63, 3.8) is 0 Å². The molecule has 1 fully saturated rings. The van der Waals surface area contributed by atoms with Crippen molar-refractivity contribution in [2.45, 2.75) is 31.8 Å². The van der Waals surface area contributed by atoms with E-state index < -0.39 is 0 Å². The lowest BCUT2D eigenvalue weighted by atomic mass is 10.1. The zero-order valence-corrected chi connectivity index (χ0v) is 11.1. The Labute approximate surface area is 113 Å². The maximum atomic E-state index is 10.0. The van der Waals surface area contributed by atoms with Crippen LogP contribution in [0, 0.1) is 0 Å². The summed E-state index contributed by atoms with van der Waals surface area (Å²) in [6.07, 6.45) is 4.32. The Kier molecular flexibility index (Phi) is 3.25. The van der Waals surface area contributed by atoms with Gasteiger partial charge in [0.15, 0.2) is 0 Å². The van der Waals surface area contributed by atoms with Crippen LogP contribution < -0.4 is 5.32 Å². The molecule has 4 heteroatoms. The molecule has 100 valence electrons. The molecule has 19 heavy (non-hydrogen) atoms. The summed E-state index contributed by atoms with van der Waals surface area (Å²) < 4.78 is 1.88. The summed E-state index contributed by atoms with van der Waals surface area (Å²) in [5.74, 6) is 0.107. The molecule has 0 aliphatic carbocycles. The summed E-state index contributed by atoms with van der Waals surface area (Å²) in [5, 5.41) is 17.8. The minimum atomic E-state index is 0.107. The van der Waals surface area contributed by atoms with Gasteiger partial charge in [-0.1, -0.05) is 30.3 Å². The molecule has 2 atom stereocenters. The lowest BCUT2D eigenvalue weighted by molar-refractivity contribution is 0.362. The maximum Gasteiger partial charge on any atom is 0.238 e. The first kappa shape index (κ1) is 12.2.